The molecule has 0 amide bonds. The molecule has 0 saturated heterocycles. The molecule has 0 aliphatic heterocycles. The summed E-state index contributed by atoms with van der Waals surface area (Å²) in [6.45, 7) is 0. The van der Waals surface area contributed by atoms with Crippen molar-refractivity contribution in [3.05, 3.63) is 33.6 Å². The first-order valence-corrected chi connectivity index (χ1v) is 5.56. The summed E-state index contributed by atoms with van der Waals surface area (Å²) in [6.07, 6.45) is 0. The van der Waals surface area contributed by atoms with Gasteiger partial charge in [0.25, 0.3) is 0 Å². The third-order valence-corrected chi connectivity index (χ3v) is 2.99. The molecule has 0 aliphatic carbocycles. The Balaban J connectivity index is 2.54. The molecule has 15 heavy (non-hydrogen) atoms. The number of aromatic carboxylic acids is 1. The molecule has 0 unspecified atom stereocenters. The van der Waals surface area contributed by atoms with Crippen LogP contribution in [0.4, 0.5) is 0 Å². The third kappa shape index (κ3) is 2.05. The highest BCUT2D eigenvalue weighted by Gasteiger charge is 2.16. The van der Waals surface area contributed by atoms with Crippen LogP contribution in [0.3, 0.4) is 0 Å². The molecule has 0 spiro atoms. The highest BCUT2D eigenvalue weighted by Crippen LogP contribution is 2.26. The van der Waals surface area contributed by atoms with E-state index in [9.17, 15) is 4.79 Å². The van der Waals surface area contributed by atoms with Crippen LogP contribution < -0.4 is 0 Å². The Morgan fingerprint density at radius 3 is 2.93 bits per heavy atom. The van der Waals surface area contributed by atoms with Gasteiger partial charge in [0.2, 0.25) is 0 Å². The van der Waals surface area contributed by atoms with E-state index in [0.717, 1.165) is 21.6 Å². The van der Waals surface area contributed by atoms with Gasteiger partial charge in [-0.3, -0.25) is 0 Å². The molecule has 0 aliphatic rings. The van der Waals surface area contributed by atoms with E-state index < -0.39 is 5.97 Å². The lowest BCUT2D eigenvalue weighted by atomic mass is 10.1. The maximum Gasteiger partial charge on any atom is 0.349 e. The average molecular weight is 285 g/mol. The number of halogens is 1. The summed E-state index contributed by atoms with van der Waals surface area (Å²) in [5.41, 5.74) is 1.16. The van der Waals surface area contributed by atoms with Crippen molar-refractivity contribution in [2.75, 3.05) is 0 Å². The van der Waals surface area contributed by atoms with Crippen molar-refractivity contribution in [1.82, 2.24) is 9.59 Å². The fourth-order valence-corrected chi connectivity index (χ4v) is 2.08. The summed E-state index contributed by atoms with van der Waals surface area (Å²) in [5.74, 6) is -1.00. The number of benzene rings is 1. The summed E-state index contributed by atoms with van der Waals surface area (Å²) >= 11 is 4.20. The van der Waals surface area contributed by atoms with Crippen LogP contribution in [0.25, 0.3) is 11.3 Å². The number of carbonyl (C=O) groups is 1. The summed E-state index contributed by atoms with van der Waals surface area (Å²) in [6, 6.07) is 7.30. The minimum atomic E-state index is -1.00. The van der Waals surface area contributed by atoms with E-state index in [2.05, 4.69) is 25.5 Å². The molecule has 0 saturated carbocycles. The smallest absolute Gasteiger partial charge is 0.349 e. The molecule has 4 nitrogen and oxygen atoms in total. The topological polar surface area (TPSA) is 63.1 Å². The summed E-state index contributed by atoms with van der Waals surface area (Å²) in [5, 5.41) is 12.7. The van der Waals surface area contributed by atoms with E-state index in [1.165, 1.54) is 0 Å². The van der Waals surface area contributed by atoms with Gasteiger partial charge in [0.1, 0.15) is 5.69 Å². The highest BCUT2D eigenvalue weighted by molar-refractivity contribution is 9.10. The Bertz CT molecular complexity index is 512. The van der Waals surface area contributed by atoms with Crippen LogP contribution in [0, 0.1) is 0 Å². The van der Waals surface area contributed by atoms with Gasteiger partial charge in [-0.15, -0.1) is 5.10 Å². The van der Waals surface area contributed by atoms with Crippen molar-refractivity contribution >= 4 is 33.4 Å². The third-order valence-electron chi connectivity index (χ3n) is 1.78. The predicted octanol–water partition coefficient (Wildman–Crippen LogP) is 2.67. The van der Waals surface area contributed by atoms with Crippen molar-refractivity contribution in [2.45, 2.75) is 0 Å². The molecule has 1 aromatic heterocycles. The number of nitrogens with zero attached hydrogens (tertiary/aromatic N) is 2. The quantitative estimate of drug-likeness (QED) is 0.921. The van der Waals surface area contributed by atoms with Crippen LogP contribution in [0.2, 0.25) is 0 Å². The standard InChI is InChI=1S/C9H5BrN2O2S/c10-6-3-1-2-5(4-6)7-8(9(13)14)15-12-11-7/h1-4H,(H,13,14). The molecule has 1 N–H and O–H groups in total. The number of hydrogen-bond donors (Lipinski definition) is 1. The van der Waals surface area contributed by atoms with E-state index in [1.54, 1.807) is 6.07 Å². The van der Waals surface area contributed by atoms with Gasteiger partial charge in [-0.05, 0) is 23.7 Å². The van der Waals surface area contributed by atoms with Gasteiger partial charge in [0.05, 0.1) is 0 Å². The summed E-state index contributed by atoms with van der Waals surface area (Å²) in [7, 11) is 0. The van der Waals surface area contributed by atoms with Gasteiger partial charge in [0.15, 0.2) is 4.88 Å². The first kappa shape index (κ1) is 10.3. The van der Waals surface area contributed by atoms with Gasteiger partial charge in [-0.2, -0.15) is 0 Å². The SMILES string of the molecule is O=C(O)c1snnc1-c1cccc(Br)c1. The zero-order valence-corrected chi connectivity index (χ0v) is 9.75. The van der Waals surface area contributed by atoms with E-state index in [1.807, 2.05) is 18.2 Å². The number of rotatable bonds is 2. The lowest BCUT2D eigenvalue weighted by molar-refractivity contribution is 0.0702. The zero-order chi connectivity index (χ0) is 10.8. The van der Waals surface area contributed by atoms with E-state index >= 15 is 0 Å². The largest absolute Gasteiger partial charge is 0.477 e. The molecule has 76 valence electrons. The first-order chi connectivity index (χ1) is 7.18. The van der Waals surface area contributed by atoms with E-state index in [-0.39, 0.29) is 4.88 Å². The van der Waals surface area contributed by atoms with Crippen LogP contribution in [0.15, 0.2) is 28.7 Å². The van der Waals surface area contributed by atoms with Gasteiger partial charge < -0.3 is 5.11 Å². The Hall–Kier alpha value is -1.27. The second-order valence-electron chi connectivity index (χ2n) is 2.77. The minimum Gasteiger partial charge on any atom is -0.477 e. The fourth-order valence-electron chi connectivity index (χ4n) is 1.16. The molecule has 0 atom stereocenters. The number of carboxylic acids is 1. The maximum absolute atomic E-state index is 10.9. The highest BCUT2D eigenvalue weighted by atomic mass is 79.9. The normalized spacial score (nSPS) is 10.2. The van der Waals surface area contributed by atoms with Crippen LogP contribution in [-0.2, 0) is 0 Å². The molecule has 0 bridgehead atoms. The molecule has 2 rings (SSSR count). The van der Waals surface area contributed by atoms with Crippen molar-refractivity contribution in [3.63, 3.8) is 0 Å². The molecular weight excluding hydrogens is 280 g/mol. The number of aromatic nitrogens is 2. The Morgan fingerprint density at radius 1 is 1.47 bits per heavy atom. The summed E-state index contributed by atoms with van der Waals surface area (Å²) < 4.78 is 4.52. The lowest BCUT2D eigenvalue weighted by Crippen LogP contribution is -1.95. The second-order valence-corrected chi connectivity index (χ2v) is 4.44. The predicted molar refractivity (Wildman–Crippen MR) is 60.0 cm³/mol. The monoisotopic (exact) mass is 284 g/mol. The number of hydrogen-bond acceptors (Lipinski definition) is 4. The van der Waals surface area contributed by atoms with Crippen LogP contribution >= 0.6 is 27.5 Å². The van der Waals surface area contributed by atoms with Crippen LogP contribution in [0.5, 0.6) is 0 Å². The molecule has 6 heteroatoms. The minimum absolute atomic E-state index is 0.160. The van der Waals surface area contributed by atoms with Gasteiger partial charge in [-0.25, -0.2) is 4.79 Å². The van der Waals surface area contributed by atoms with E-state index in [0.29, 0.717) is 5.69 Å². The molecule has 2 aromatic rings. The average Bonchev–Trinajstić information content (AvgIpc) is 2.65. The fraction of sp³-hybridized carbons (Fsp3) is 0. The molecule has 1 heterocycles. The van der Waals surface area contributed by atoms with Gasteiger partial charge >= 0.3 is 5.97 Å². The van der Waals surface area contributed by atoms with E-state index in [4.69, 9.17) is 5.11 Å². The van der Waals surface area contributed by atoms with Crippen molar-refractivity contribution in [3.8, 4) is 11.3 Å². The Kier molecular flexibility index (Phi) is 2.79. The Labute approximate surface area is 97.9 Å². The van der Waals surface area contributed by atoms with Gasteiger partial charge in [0, 0.05) is 10.0 Å². The van der Waals surface area contributed by atoms with Crippen molar-refractivity contribution in [1.29, 1.82) is 0 Å². The van der Waals surface area contributed by atoms with Gasteiger partial charge in [-0.1, -0.05) is 32.6 Å². The molecule has 0 fully saturated rings. The summed E-state index contributed by atoms with van der Waals surface area (Å²) in [4.78, 5) is 11.0. The van der Waals surface area contributed by atoms with Crippen molar-refractivity contribution < 1.29 is 9.90 Å². The first-order valence-electron chi connectivity index (χ1n) is 4.00. The molecular formula is C9H5BrN2O2S. The molecule has 0 radical (unpaired) electrons. The number of carboxylic acid groups (broad SMARTS) is 1. The van der Waals surface area contributed by atoms with Crippen molar-refractivity contribution in [2.24, 2.45) is 0 Å². The Morgan fingerprint density at radius 2 is 2.27 bits per heavy atom. The lowest BCUT2D eigenvalue weighted by Gasteiger charge is -1.98. The maximum atomic E-state index is 10.9. The van der Waals surface area contributed by atoms with Crippen LogP contribution in [-0.4, -0.2) is 20.7 Å². The second kappa shape index (κ2) is 4.08. The molecule has 1 aromatic carbocycles. The van der Waals surface area contributed by atoms with Crippen LogP contribution in [0.1, 0.15) is 9.67 Å². The zero-order valence-electron chi connectivity index (χ0n) is 7.35.